The molecule has 0 radical (unpaired) electrons. The highest BCUT2D eigenvalue weighted by Gasteiger charge is 1.97. The summed E-state index contributed by atoms with van der Waals surface area (Å²) >= 11 is 2.85. The van der Waals surface area contributed by atoms with Gasteiger partial charge in [0.05, 0.1) is 6.20 Å². The largest absolute Gasteiger partial charge is 0.465 e. The van der Waals surface area contributed by atoms with E-state index in [0.717, 1.165) is 4.21 Å². The quantitative estimate of drug-likeness (QED) is 0.564. The molecule has 5 nitrogen and oxygen atoms in total. The van der Waals surface area contributed by atoms with Crippen molar-refractivity contribution in [2.75, 3.05) is 12.3 Å². The maximum absolute atomic E-state index is 10.0. The molecule has 7 heteroatoms. The molecule has 0 saturated carbocycles. The fourth-order valence-electron chi connectivity index (χ4n) is 0.531. The van der Waals surface area contributed by atoms with Crippen LogP contribution in [-0.4, -0.2) is 33.1 Å². The number of carbonyl (C=O) groups is 1. The zero-order valence-electron chi connectivity index (χ0n) is 6.06. The fraction of sp³-hybridized carbons (Fsp3) is 0.400. The van der Waals surface area contributed by atoms with Crippen LogP contribution in [0.4, 0.5) is 4.79 Å². The van der Waals surface area contributed by atoms with Gasteiger partial charge in [0, 0.05) is 12.3 Å². The van der Waals surface area contributed by atoms with Crippen LogP contribution in [0.2, 0.25) is 0 Å². The van der Waals surface area contributed by atoms with Crippen molar-refractivity contribution in [2.45, 2.75) is 4.21 Å². The van der Waals surface area contributed by atoms with E-state index in [9.17, 15) is 4.79 Å². The zero-order valence-corrected chi connectivity index (χ0v) is 7.69. The minimum Gasteiger partial charge on any atom is -0.465 e. The highest BCUT2D eigenvalue weighted by Crippen LogP contribution is 2.18. The minimum atomic E-state index is -0.988. The lowest BCUT2D eigenvalue weighted by Crippen LogP contribution is -2.23. The number of amides is 1. The van der Waals surface area contributed by atoms with Gasteiger partial charge in [-0.2, -0.15) is 0 Å². The Kier molecular flexibility index (Phi) is 3.81. The van der Waals surface area contributed by atoms with Gasteiger partial charge >= 0.3 is 6.09 Å². The van der Waals surface area contributed by atoms with Gasteiger partial charge in [0.2, 0.25) is 0 Å². The highest BCUT2D eigenvalue weighted by molar-refractivity contribution is 8.01. The van der Waals surface area contributed by atoms with Gasteiger partial charge in [-0.05, 0) is 11.5 Å². The Balaban J connectivity index is 2.07. The molecule has 12 heavy (non-hydrogen) atoms. The number of carboxylic acid groups (broad SMARTS) is 1. The van der Waals surface area contributed by atoms with Crippen LogP contribution < -0.4 is 5.32 Å². The summed E-state index contributed by atoms with van der Waals surface area (Å²) in [6.45, 7) is 0.442. The van der Waals surface area contributed by atoms with Gasteiger partial charge in [-0.25, -0.2) is 4.79 Å². The normalized spacial score (nSPS) is 9.67. The summed E-state index contributed by atoms with van der Waals surface area (Å²) in [5.74, 6) is 0.705. The van der Waals surface area contributed by atoms with Gasteiger partial charge < -0.3 is 10.4 Å². The lowest BCUT2D eigenvalue weighted by Gasteiger charge is -1.97. The lowest BCUT2D eigenvalue weighted by molar-refractivity contribution is 0.195. The van der Waals surface area contributed by atoms with Crippen LogP contribution in [-0.2, 0) is 0 Å². The third-order valence-corrected chi connectivity index (χ3v) is 2.80. The van der Waals surface area contributed by atoms with E-state index in [-0.39, 0.29) is 0 Å². The second-order valence-electron chi connectivity index (χ2n) is 1.82. The molecule has 1 aromatic rings. The summed E-state index contributed by atoms with van der Waals surface area (Å²) < 4.78 is 4.67. The number of thioether (sulfide) groups is 1. The Morgan fingerprint density at radius 1 is 1.83 bits per heavy atom. The molecule has 0 unspecified atom stereocenters. The predicted molar refractivity (Wildman–Crippen MR) is 46.7 cm³/mol. The van der Waals surface area contributed by atoms with Gasteiger partial charge in [0.25, 0.3) is 0 Å². The first-order valence-electron chi connectivity index (χ1n) is 3.16. The van der Waals surface area contributed by atoms with Gasteiger partial charge in [0.1, 0.15) is 4.21 Å². The van der Waals surface area contributed by atoms with Crippen molar-refractivity contribution >= 4 is 29.4 Å². The SMILES string of the molecule is O=C(O)NCCSc1cnns1. The van der Waals surface area contributed by atoms with Gasteiger partial charge in [-0.15, -0.1) is 16.9 Å². The van der Waals surface area contributed by atoms with E-state index in [2.05, 4.69) is 14.9 Å². The van der Waals surface area contributed by atoms with Crippen molar-refractivity contribution in [3.8, 4) is 0 Å². The van der Waals surface area contributed by atoms with Gasteiger partial charge in [-0.3, -0.25) is 0 Å². The molecule has 0 fully saturated rings. The summed E-state index contributed by atoms with van der Waals surface area (Å²) in [4.78, 5) is 10.0. The molecule has 0 aliphatic carbocycles. The smallest absolute Gasteiger partial charge is 0.404 e. The first kappa shape index (κ1) is 9.27. The fourth-order valence-corrected chi connectivity index (χ4v) is 1.89. The molecule has 0 aliphatic rings. The van der Waals surface area contributed by atoms with E-state index in [0.29, 0.717) is 12.3 Å². The Bertz CT molecular complexity index is 239. The second kappa shape index (κ2) is 4.94. The van der Waals surface area contributed by atoms with Crippen LogP contribution in [0.25, 0.3) is 0 Å². The molecule has 1 aromatic heterocycles. The highest BCUT2D eigenvalue weighted by atomic mass is 32.2. The summed E-state index contributed by atoms with van der Waals surface area (Å²) in [6, 6.07) is 0. The molecule has 1 heterocycles. The second-order valence-corrected chi connectivity index (χ2v) is 4.00. The van der Waals surface area contributed by atoms with Crippen LogP contribution in [0.3, 0.4) is 0 Å². The molecule has 0 saturated heterocycles. The van der Waals surface area contributed by atoms with Crippen LogP contribution in [0.5, 0.6) is 0 Å². The number of rotatable bonds is 4. The van der Waals surface area contributed by atoms with E-state index in [1.807, 2.05) is 0 Å². The molecule has 1 rings (SSSR count). The zero-order chi connectivity index (χ0) is 8.81. The third kappa shape index (κ3) is 3.54. The molecule has 0 aromatic carbocycles. The number of hydrogen-bond donors (Lipinski definition) is 2. The minimum absolute atomic E-state index is 0.442. The maximum Gasteiger partial charge on any atom is 0.404 e. The number of aromatic nitrogens is 2. The van der Waals surface area contributed by atoms with E-state index >= 15 is 0 Å². The molecule has 0 bridgehead atoms. The van der Waals surface area contributed by atoms with Crippen LogP contribution in [0, 0.1) is 0 Å². The molecule has 0 atom stereocenters. The van der Waals surface area contributed by atoms with E-state index in [1.165, 1.54) is 23.3 Å². The third-order valence-electron chi connectivity index (χ3n) is 0.964. The summed E-state index contributed by atoms with van der Waals surface area (Å²) in [6.07, 6.45) is 0.675. The maximum atomic E-state index is 10.0. The Labute approximate surface area is 77.3 Å². The molecular formula is C5H7N3O2S2. The van der Waals surface area contributed by atoms with Crippen molar-refractivity contribution in [2.24, 2.45) is 0 Å². The van der Waals surface area contributed by atoms with Crippen LogP contribution in [0.15, 0.2) is 10.4 Å². The van der Waals surface area contributed by atoms with E-state index in [1.54, 1.807) is 6.20 Å². The summed E-state index contributed by atoms with van der Waals surface area (Å²) in [5.41, 5.74) is 0. The number of nitrogens with one attached hydrogen (secondary N) is 1. The monoisotopic (exact) mass is 205 g/mol. The van der Waals surface area contributed by atoms with Crippen LogP contribution in [0.1, 0.15) is 0 Å². The van der Waals surface area contributed by atoms with Gasteiger partial charge in [0.15, 0.2) is 0 Å². The topological polar surface area (TPSA) is 75.1 Å². The van der Waals surface area contributed by atoms with Crippen molar-refractivity contribution in [3.05, 3.63) is 6.20 Å². The first-order chi connectivity index (χ1) is 5.79. The summed E-state index contributed by atoms with van der Waals surface area (Å²) in [7, 11) is 0. The number of hydrogen-bond acceptors (Lipinski definition) is 5. The van der Waals surface area contributed by atoms with Crippen molar-refractivity contribution in [1.82, 2.24) is 14.9 Å². The molecule has 66 valence electrons. The molecule has 2 N–H and O–H groups in total. The Morgan fingerprint density at radius 2 is 2.67 bits per heavy atom. The average Bonchev–Trinajstić information content (AvgIpc) is 2.49. The first-order valence-corrected chi connectivity index (χ1v) is 4.92. The summed E-state index contributed by atoms with van der Waals surface area (Å²) in [5, 5.41) is 14.1. The van der Waals surface area contributed by atoms with Crippen molar-refractivity contribution in [1.29, 1.82) is 0 Å². The van der Waals surface area contributed by atoms with E-state index < -0.39 is 6.09 Å². The van der Waals surface area contributed by atoms with Gasteiger partial charge in [-0.1, -0.05) is 4.49 Å². The standard InChI is InChI=1S/C5H7N3O2S2/c9-5(10)6-1-2-11-4-3-7-8-12-4/h3,6H,1-2H2,(H,9,10). The molecular weight excluding hydrogens is 198 g/mol. The van der Waals surface area contributed by atoms with E-state index in [4.69, 9.17) is 5.11 Å². The number of nitrogens with zero attached hydrogens (tertiary/aromatic N) is 2. The van der Waals surface area contributed by atoms with Crippen LogP contribution >= 0.6 is 23.3 Å². The average molecular weight is 205 g/mol. The Hall–Kier alpha value is -0.820. The predicted octanol–water partition coefficient (Wildman–Crippen LogP) is 0.898. The Morgan fingerprint density at radius 3 is 3.25 bits per heavy atom. The lowest BCUT2D eigenvalue weighted by atomic mass is 10.7. The van der Waals surface area contributed by atoms with Crippen molar-refractivity contribution in [3.63, 3.8) is 0 Å². The van der Waals surface area contributed by atoms with Crippen molar-refractivity contribution < 1.29 is 9.90 Å². The molecule has 0 spiro atoms. The molecule has 0 aliphatic heterocycles. The molecule has 1 amide bonds.